The summed E-state index contributed by atoms with van der Waals surface area (Å²) in [6.07, 6.45) is 7.32. The van der Waals surface area contributed by atoms with Gasteiger partial charge in [0, 0.05) is 18.0 Å². The molecule has 2 unspecified atom stereocenters. The van der Waals surface area contributed by atoms with Crippen molar-refractivity contribution in [2.45, 2.75) is 44.6 Å². The van der Waals surface area contributed by atoms with Gasteiger partial charge >= 0.3 is 0 Å². The van der Waals surface area contributed by atoms with Crippen LogP contribution in [0, 0.1) is 5.92 Å². The molecule has 0 bridgehead atoms. The highest BCUT2D eigenvalue weighted by Gasteiger charge is 2.36. The molecule has 3 aromatic rings. The van der Waals surface area contributed by atoms with Crippen LogP contribution in [0.5, 0.6) is 11.5 Å². The van der Waals surface area contributed by atoms with Gasteiger partial charge in [0.15, 0.2) is 0 Å². The van der Waals surface area contributed by atoms with Crippen molar-refractivity contribution < 1.29 is 9.53 Å². The van der Waals surface area contributed by atoms with E-state index in [9.17, 15) is 4.79 Å². The van der Waals surface area contributed by atoms with E-state index in [1.54, 1.807) is 0 Å². The van der Waals surface area contributed by atoms with E-state index in [4.69, 9.17) is 9.72 Å². The number of hydrogen-bond acceptors (Lipinski definition) is 4. The van der Waals surface area contributed by atoms with Crippen LogP contribution in [-0.2, 0) is 0 Å². The third-order valence-corrected chi connectivity index (χ3v) is 7.19. The summed E-state index contributed by atoms with van der Waals surface area (Å²) in [4.78, 5) is 20.2. The predicted octanol–water partition coefficient (Wildman–Crippen LogP) is 6.40. The third-order valence-electron chi connectivity index (χ3n) is 6.32. The van der Waals surface area contributed by atoms with Crippen LogP contribution in [0.4, 0.5) is 0 Å². The van der Waals surface area contributed by atoms with Crippen molar-refractivity contribution in [1.82, 2.24) is 9.88 Å². The first-order valence-corrected chi connectivity index (χ1v) is 11.8. The molecule has 2 aliphatic rings. The molecule has 1 saturated heterocycles. The van der Waals surface area contributed by atoms with Gasteiger partial charge in [-0.2, -0.15) is 0 Å². The first kappa shape index (κ1) is 19.3. The molecule has 5 heteroatoms. The maximum absolute atomic E-state index is 13.3. The Bertz CT molecular complexity index is 1010. The van der Waals surface area contributed by atoms with Gasteiger partial charge in [-0.3, -0.25) is 4.79 Å². The van der Waals surface area contributed by atoms with Gasteiger partial charge in [-0.15, -0.1) is 11.3 Å². The summed E-state index contributed by atoms with van der Waals surface area (Å²) in [6.45, 7) is 0.862. The maximum atomic E-state index is 13.3. The van der Waals surface area contributed by atoms with Crippen LogP contribution in [0.3, 0.4) is 0 Å². The Kier molecular flexibility index (Phi) is 5.54. The van der Waals surface area contributed by atoms with Crippen LogP contribution in [0.2, 0.25) is 0 Å². The smallest absolute Gasteiger partial charge is 0.273 e. The van der Waals surface area contributed by atoms with Gasteiger partial charge in [0.25, 0.3) is 5.91 Å². The van der Waals surface area contributed by atoms with Crippen LogP contribution < -0.4 is 4.74 Å². The lowest BCUT2D eigenvalue weighted by Crippen LogP contribution is -2.49. The number of piperidine rings is 1. The SMILES string of the molecule is O=C(c1csc(-c2ccccc2Oc2ccccc2)n1)N1CCCC2CCCCC21. The molecule has 5 rings (SSSR count). The van der Waals surface area contributed by atoms with Crippen LogP contribution in [0.25, 0.3) is 10.6 Å². The van der Waals surface area contributed by atoms with Gasteiger partial charge in [0.1, 0.15) is 22.2 Å². The normalized spacial score (nSPS) is 21.1. The Balaban J connectivity index is 1.39. The van der Waals surface area contributed by atoms with Crippen molar-refractivity contribution in [3.8, 4) is 22.1 Å². The Morgan fingerprint density at radius 2 is 1.73 bits per heavy atom. The maximum Gasteiger partial charge on any atom is 0.273 e. The number of amides is 1. The van der Waals surface area contributed by atoms with E-state index < -0.39 is 0 Å². The summed E-state index contributed by atoms with van der Waals surface area (Å²) >= 11 is 1.51. The van der Waals surface area contributed by atoms with Crippen LogP contribution in [0.15, 0.2) is 60.0 Å². The largest absolute Gasteiger partial charge is 0.457 e. The monoisotopic (exact) mass is 418 g/mol. The fourth-order valence-corrected chi connectivity index (χ4v) is 5.69. The van der Waals surface area contributed by atoms with Crippen molar-refractivity contribution in [2.24, 2.45) is 5.92 Å². The zero-order valence-electron chi connectivity index (χ0n) is 17.0. The quantitative estimate of drug-likeness (QED) is 0.492. The summed E-state index contributed by atoms with van der Waals surface area (Å²) in [5, 5.41) is 2.73. The number of aromatic nitrogens is 1. The van der Waals surface area contributed by atoms with Crippen LogP contribution in [-0.4, -0.2) is 28.4 Å². The summed E-state index contributed by atoms with van der Waals surface area (Å²) < 4.78 is 6.09. The second-order valence-corrected chi connectivity index (χ2v) is 9.06. The second kappa shape index (κ2) is 8.60. The number of rotatable bonds is 4. The lowest BCUT2D eigenvalue weighted by atomic mass is 9.78. The molecule has 1 aliphatic heterocycles. The number of carbonyl (C=O) groups excluding carboxylic acids is 1. The molecule has 0 spiro atoms. The summed E-state index contributed by atoms with van der Waals surface area (Å²) in [5.74, 6) is 2.31. The van der Waals surface area contributed by atoms with E-state index in [1.165, 1.54) is 37.0 Å². The Morgan fingerprint density at radius 1 is 0.967 bits per heavy atom. The van der Waals surface area contributed by atoms with E-state index in [1.807, 2.05) is 60.0 Å². The Labute approximate surface area is 181 Å². The average molecular weight is 419 g/mol. The minimum Gasteiger partial charge on any atom is -0.457 e. The van der Waals surface area contributed by atoms with Gasteiger partial charge in [-0.25, -0.2) is 4.98 Å². The molecule has 0 N–H and O–H groups in total. The lowest BCUT2D eigenvalue weighted by molar-refractivity contribution is 0.0386. The molecule has 2 aromatic carbocycles. The van der Waals surface area contributed by atoms with Crippen molar-refractivity contribution in [3.05, 3.63) is 65.7 Å². The molecule has 1 aromatic heterocycles. The molecule has 0 radical (unpaired) electrons. The summed E-state index contributed by atoms with van der Waals surface area (Å²) in [7, 11) is 0. The molecular formula is C25H26N2O2S. The Morgan fingerprint density at radius 3 is 2.63 bits per heavy atom. The van der Waals surface area contributed by atoms with Gasteiger partial charge < -0.3 is 9.64 Å². The van der Waals surface area contributed by atoms with Crippen molar-refractivity contribution in [2.75, 3.05) is 6.54 Å². The highest BCUT2D eigenvalue weighted by atomic mass is 32.1. The number of fused-ring (bicyclic) bond motifs is 1. The number of hydrogen-bond donors (Lipinski definition) is 0. The molecule has 1 amide bonds. The number of para-hydroxylation sites is 2. The average Bonchev–Trinajstić information content (AvgIpc) is 3.29. The number of ether oxygens (including phenoxy) is 1. The zero-order chi connectivity index (χ0) is 20.3. The van der Waals surface area contributed by atoms with Crippen molar-refractivity contribution in [1.29, 1.82) is 0 Å². The van der Waals surface area contributed by atoms with E-state index >= 15 is 0 Å². The van der Waals surface area contributed by atoms with Crippen molar-refractivity contribution in [3.63, 3.8) is 0 Å². The minimum absolute atomic E-state index is 0.0931. The molecule has 4 nitrogen and oxygen atoms in total. The van der Waals surface area contributed by atoms with E-state index in [2.05, 4.69) is 4.90 Å². The lowest BCUT2D eigenvalue weighted by Gasteiger charge is -2.43. The first-order valence-electron chi connectivity index (χ1n) is 10.9. The predicted molar refractivity (Wildman–Crippen MR) is 120 cm³/mol. The molecule has 2 heterocycles. The summed E-state index contributed by atoms with van der Waals surface area (Å²) in [6, 6.07) is 18.0. The van der Waals surface area contributed by atoms with E-state index in [-0.39, 0.29) is 5.91 Å². The number of benzene rings is 2. The number of carbonyl (C=O) groups is 1. The molecule has 2 atom stereocenters. The fourth-order valence-electron chi connectivity index (χ4n) is 4.87. The first-order chi connectivity index (χ1) is 14.8. The van der Waals surface area contributed by atoms with Crippen molar-refractivity contribution >= 4 is 17.2 Å². The van der Waals surface area contributed by atoms with E-state index in [0.29, 0.717) is 17.7 Å². The van der Waals surface area contributed by atoms with Gasteiger partial charge in [-0.1, -0.05) is 43.2 Å². The molecule has 30 heavy (non-hydrogen) atoms. The molecule has 1 saturated carbocycles. The fraction of sp³-hybridized carbons (Fsp3) is 0.360. The van der Waals surface area contributed by atoms with Crippen LogP contribution >= 0.6 is 11.3 Å². The molecule has 2 fully saturated rings. The van der Waals surface area contributed by atoms with Crippen LogP contribution in [0.1, 0.15) is 49.0 Å². The second-order valence-electron chi connectivity index (χ2n) is 8.20. The number of likely N-dealkylation sites (tertiary alicyclic amines) is 1. The third kappa shape index (κ3) is 3.86. The standard InChI is InChI=1S/C25H26N2O2S/c28-25(27-16-8-10-18-9-4-6-14-22(18)27)21-17-30-24(26-21)20-13-5-7-15-23(20)29-19-11-2-1-3-12-19/h1-3,5,7,11-13,15,17-18,22H,4,6,8-10,14,16H2. The number of nitrogens with zero attached hydrogens (tertiary/aromatic N) is 2. The highest BCUT2D eigenvalue weighted by molar-refractivity contribution is 7.13. The molecule has 1 aliphatic carbocycles. The van der Waals surface area contributed by atoms with Gasteiger partial charge in [0.2, 0.25) is 0 Å². The zero-order valence-corrected chi connectivity index (χ0v) is 17.8. The van der Waals surface area contributed by atoms with Gasteiger partial charge in [0.05, 0.1) is 5.56 Å². The van der Waals surface area contributed by atoms with Gasteiger partial charge in [-0.05, 0) is 55.9 Å². The Hall–Kier alpha value is -2.66. The number of thiazole rings is 1. The topological polar surface area (TPSA) is 42.4 Å². The van der Waals surface area contributed by atoms with E-state index in [0.717, 1.165) is 41.5 Å². The molecular weight excluding hydrogens is 392 g/mol. The molecule has 154 valence electrons. The minimum atomic E-state index is 0.0931. The highest BCUT2D eigenvalue weighted by Crippen LogP contribution is 2.38. The summed E-state index contributed by atoms with van der Waals surface area (Å²) in [5.41, 5.74) is 1.48.